The van der Waals surface area contributed by atoms with Crippen LogP contribution in [0.1, 0.15) is 186 Å². The Kier molecular flexibility index (Phi) is 30.7. The summed E-state index contributed by atoms with van der Waals surface area (Å²) in [5.74, 6) is -0.665. The molecule has 1 heterocycles. The largest absolute Gasteiger partial charge is 0.445 e. The summed E-state index contributed by atoms with van der Waals surface area (Å²) in [6.45, 7) is 4.23. The van der Waals surface area contributed by atoms with Crippen molar-refractivity contribution >= 4 is 18.0 Å². The number of alkyl carbamates (subject to hydrolysis) is 1. The standard InChI is InChI=1S/C47H84N4O8/c1-3-5-7-9-11-13-15-16-17-18-19-20-21-23-25-30-34-48-46(56)51(35-31-26-24-22-14-12-10-8-6-4-2)45-42(44(55)43(54)40(37-52)59-45)50-41(53)36-49-47(57)58-38-39-32-28-27-29-33-39/h27-29,32-33,40,42-45,52,54-55H,3-26,30-31,34-38H2,1-2H3,(H,48,56)(H,49,57)(H,50,53)/t40-,42-,43-,44-,45-/m1/s1. The number of hydrogen-bond acceptors (Lipinski definition) is 8. The lowest BCUT2D eigenvalue weighted by Crippen LogP contribution is -2.70. The zero-order valence-electron chi connectivity index (χ0n) is 37.0. The number of rotatable bonds is 35. The quantitative estimate of drug-likeness (QED) is 0.0368. The Labute approximate surface area is 357 Å². The summed E-state index contributed by atoms with van der Waals surface area (Å²) in [4.78, 5) is 40.8. The van der Waals surface area contributed by atoms with E-state index in [0.29, 0.717) is 19.5 Å². The molecule has 59 heavy (non-hydrogen) atoms. The molecular weight excluding hydrogens is 749 g/mol. The molecule has 0 aliphatic carbocycles. The van der Waals surface area contributed by atoms with Gasteiger partial charge in [-0.15, -0.1) is 0 Å². The maximum absolute atomic E-state index is 13.9. The van der Waals surface area contributed by atoms with Crippen molar-refractivity contribution in [1.82, 2.24) is 20.9 Å². The molecule has 4 amide bonds. The summed E-state index contributed by atoms with van der Waals surface area (Å²) in [7, 11) is 0. The number of nitrogens with one attached hydrogen (secondary N) is 3. The second kappa shape index (κ2) is 34.7. The highest BCUT2D eigenvalue weighted by Gasteiger charge is 2.48. The lowest BCUT2D eigenvalue weighted by Gasteiger charge is -2.46. The van der Waals surface area contributed by atoms with E-state index in [1.165, 1.54) is 127 Å². The number of unbranched alkanes of at least 4 members (excludes halogenated alkanes) is 24. The van der Waals surface area contributed by atoms with Crippen LogP contribution in [0.5, 0.6) is 0 Å². The van der Waals surface area contributed by atoms with E-state index in [1.807, 2.05) is 30.3 Å². The van der Waals surface area contributed by atoms with Gasteiger partial charge in [0, 0.05) is 13.1 Å². The lowest BCUT2D eigenvalue weighted by atomic mass is 9.95. The number of benzene rings is 1. The summed E-state index contributed by atoms with van der Waals surface area (Å²) >= 11 is 0. The molecule has 6 N–H and O–H groups in total. The maximum atomic E-state index is 13.9. The summed E-state index contributed by atoms with van der Waals surface area (Å²) in [6.07, 6.45) is 25.2. The van der Waals surface area contributed by atoms with Gasteiger partial charge in [0.1, 0.15) is 37.5 Å². The predicted molar refractivity (Wildman–Crippen MR) is 236 cm³/mol. The molecule has 0 spiro atoms. The number of nitrogens with zero attached hydrogens (tertiary/aromatic N) is 1. The van der Waals surface area contributed by atoms with Crippen LogP contribution in [0.2, 0.25) is 0 Å². The molecule has 1 aromatic rings. The first-order valence-corrected chi connectivity index (χ1v) is 23.7. The summed E-state index contributed by atoms with van der Waals surface area (Å²) < 4.78 is 11.3. The number of hydrogen-bond donors (Lipinski definition) is 6. The maximum Gasteiger partial charge on any atom is 0.407 e. The first kappa shape index (κ1) is 52.2. The fraction of sp³-hybridized carbons (Fsp3) is 0.809. The van der Waals surface area contributed by atoms with Gasteiger partial charge in [0.15, 0.2) is 6.23 Å². The molecule has 5 atom stereocenters. The Morgan fingerprint density at radius 2 is 1.12 bits per heavy atom. The molecule has 2 rings (SSSR count). The van der Waals surface area contributed by atoms with Crippen LogP contribution >= 0.6 is 0 Å². The zero-order chi connectivity index (χ0) is 42.8. The van der Waals surface area contributed by atoms with Gasteiger partial charge in [0.05, 0.1) is 6.61 Å². The fourth-order valence-electron chi connectivity index (χ4n) is 7.77. The molecular formula is C47H84N4O8. The Bertz CT molecular complexity index is 1190. The molecule has 0 unspecified atom stereocenters. The Balaban J connectivity index is 1.89. The number of aliphatic hydroxyl groups is 3. The van der Waals surface area contributed by atoms with Gasteiger partial charge in [0.2, 0.25) is 5.91 Å². The Morgan fingerprint density at radius 3 is 1.61 bits per heavy atom. The van der Waals surface area contributed by atoms with Crippen molar-refractivity contribution in [3.63, 3.8) is 0 Å². The highest BCUT2D eigenvalue weighted by atomic mass is 16.6. The Hall–Kier alpha value is -2.93. The van der Waals surface area contributed by atoms with E-state index < -0.39 is 61.8 Å². The van der Waals surface area contributed by atoms with E-state index in [9.17, 15) is 29.7 Å². The van der Waals surface area contributed by atoms with Crippen LogP contribution in [0.4, 0.5) is 9.59 Å². The van der Waals surface area contributed by atoms with E-state index in [0.717, 1.165) is 44.1 Å². The van der Waals surface area contributed by atoms with Crippen molar-refractivity contribution in [1.29, 1.82) is 0 Å². The van der Waals surface area contributed by atoms with Crippen LogP contribution in [0.25, 0.3) is 0 Å². The molecule has 0 saturated carbocycles. The van der Waals surface area contributed by atoms with E-state index >= 15 is 0 Å². The molecule has 0 radical (unpaired) electrons. The minimum Gasteiger partial charge on any atom is -0.445 e. The van der Waals surface area contributed by atoms with Gasteiger partial charge in [-0.05, 0) is 18.4 Å². The van der Waals surface area contributed by atoms with Crippen LogP contribution in [-0.2, 0) is 20.9 Å². The second-order valence-electron chi connectivity index (χ2n) is 16.6. The van der Waals surface area contributed by atoms with Gasteiger partial charge in [-0.3, -0.25) is 9.69 Å². The number of ether oxygens (including phenoxy) is 2. The average Bonchev–Trinajstić information content (AvgIpc) is 3.24. The van der Waals surface area contributed by atoms with Crippen LogP contribution in [0.3, 0.4) is 0 Å². The number of carbonyl (C=O) groups is 3. The van der Waals surface area contributed by atoms with Gasteiger partial charge in [-0.1, -0.05) is 198 Å². The first-order chi connectivity index (χ1) is 28.8. The number of urea groups is 1. The van der Waals surface area contributed by atoms with Crippen molar-refractivity contribution in [3.8, 4) is 0 Å². The monoisotopic (exact) mass is 833 g/mol. The molecule has 1 saturated heterocycles. The molecule has 1 fully saturated rings. The van der Waals surface area contributed by atoms with E-state index in [-0.39, 0.29) is 6.61 Å². The number of amides is 4. The zero-order valence-corrected chi connectivity index (χ0v) is 37.0. The van der Waals surface area contributed by atoms with Crippen LogP contribution in [0.15, 0.2) is 30.3 Å². The number of carbonyl (C=O) groups excluding carboxylic acids is 3. The lowest BCUT2D eigenvalue weighted by molar-refractivity contribution is -0.224. The van der Waals surface area contributed by atoms with Gasteiger partial charge in [-0.2, -0.15) is 0 Å². The smallest absolute Gasteiger partial charge is 0.407 e. The average molecular weight is 833 g/mol. The summed E-state index contributed by atoms with van der Waals surface area (Å²) in [6, 6.07) is 7.52. The fourth-order valence-corrected chi connectivity index (χ4v) is 7.77. The number of aliphatic hydroxyl groups excluding tert-OH is 3. The minimum atomic E-state index is -1.55. The van der Waals surface area contributed by atoms with E-state index in [1.54, 1.807) is 0 Å². The third kappa shape index (κ3) is 24.2. The third-order valence-electron chi connectivity index (χ3n) is 11.5. The summed E-state index contributed by atoms with van der Waals surface area (Å²) in [5.41, 5.74) is 0.792. The summed E-state index contributed by atoms with van der Waals surface area (Å²) in [5, 5.41) is 40.2. The molecule has 1 aliphatic heterocycles. The van der Waals surface area contributed by atoms with Crippen molar-refractivity contribution in [2.24, 2.45) is 0 Å². The molecule has 0 bridgehead atoms. The van der Waals surface area contributed by atoms with E-state index in [4.69, 9.17) is 9.47 Å². The van der Waals surface area contributed by atoms with Crippen LogP contribution < -0.4 is 16.0 Å². The predicted octanol–water partition coefficient (Wildman–Crippen LogP) is 9.03. The van der Waals surface area contributed by atoms with Crippen LogP contribution in [-0.4, -0.2) is 95.1 Å². The second-order valence-corrected chi connectivity index (χ2v) is 16.6. The SMILES string of the molecule is CCCCCCCCCCCCCCCCCCNC(=O)N(CCCCCCCCCCCC)[C@@H]1O[C@H](CO)[C@@H](O)[C@H](O)[C@H]1NC(=O)CNC(=O)OCc1ccccc1. The van der Waals surface area contributed by atoms with Crippen molar-refractivity contribution < 1.29 is 39.2 Å². The molecule has 0 aromatic heterocycles. The third-order valence-corrected chi connectivity index (χ3v) is 11.5. The topological polar surface area (TPSA) is 170 Å². The highest BCUT2D eigenvalue weighted by molar-refractivity contribution is 5.82. The molecule has 340 valence electrons. The molecule has 1 aromatic carbocycles. The molecule has 12 heteroatoms. The van der Waals surface area contributed by atoms with Gasteiger partial charge < -0.3 is 40.7 Å². The normalized spacial score (nSPS) is 19.0. The molecule has 12 nitrogen and oxygen atoms in total. The van der Waals surface area contributed by atoms with Crippen LogP contribution in [0, 0.1) is 0 Å². The van der Waals surface area contributed by atoms with Gasteiger partial charge in [-0.25, -0.2) is 9.59 Å². The van der Waals surface area contributed by atoms with Gasteiger partial charge >= 0.3 is 12.1 Å². The van der Waals surface area contributed by atoms with Gasteiger partial charge in [0.25, 0.3) is 0 Å². The van der Waals surface area contributed by atoms with Crippen molar-refractivity contribution in [2.75, 3.05) is 26.2 Å². The van der Waals surface area contributed by atoms with Crippen molar-refractivity contribution in [2.45, 2.75) is 218 Å². The Morgan fingerprint density at radius 1 is 0.644 bits per heavy atom. The van der Waals surface area contributed by atoms with E-state index in [2.05, 4.69) is 29.8 Å². The minimum absolute atomic E-state index is 0.0305. The first-order valence-electron chi connectivity index (χ1n) is 23.7. The molecule has 1 aliphatic rings. The van der Waals surface area contributed by atoms with Crippen molar-refractivity contribution in [3.05, 3.63) is 35.9 Å². The highest BCUT2D eigenvalue weighted by Crippen LogP contribution is 2.25.